The van der Waals surface area contributed by atoms with E-state index in [-0.39, 0.29) is 23.7 Å². The highest BCUT2D eigenvalue weighted by Crippen LogP contribution is 2.24. The normalized spacial score (nSPS) is 10.8. The molecule has 20 heavy (non-hydrogen) atoms. The first kappa shape index (κ1) is 19.4. The van der Waals surface area contributed by atoms with Gasteiger partial charge in [0.05, 0.1) is 0 Å². The van der Waals surface area contributed by atoms with Crippen LogP contribution >= 0.6 is 28.3 Å². The second-order valence-electron chi connectivity index (χ2n) is 5.37. The maximum absolute atomic E-state index is 11.7. The molecule has 0 bridgehead atoms. The molecule has 2 N–H and O–H groups in total. The molecule has 1 amide bonds. The molecular formula is C15H24BrClN2O. The molecule has 0 heterocycles. The smallest absolute Gasteiger partial charge is 0.220 e. The minimum atomic E-state index is -0.0562. The number of rotatable bonds is 7. The molecule has 0 spiro atoms. The van der Waals surface area contributed by atoms with Gasteiger partial charge in [-0.05, 0) is 37.7 Å². The van der Waals surface area contributed by atoms with E-state index in [2.05, 4.69) is 52.5 Å². The van der Waals surface area contributed by atoms with Crippen molar-refractivity contribution in [2.45, 2.75) is 32.1 Å². The standard InChI is InChI=1S/C15H23BrN2O.ClH/c1-15(2,12-6-8-13(16)9-7-12)11-18-14(19)5-4-10-17-3;/h6-9,17H,4-5,10-11H2,1-3H3,(H,18,19);1H. The molecule has 0 aliphatic rings. The van der Waals surface area contributed by atoms with Gasteiger partial charge in [-0.2, -0.15) is 0 Å². The number of carbonyl (C=O) groups is 1. The van der Waals surface area contributed by atoms with Crippen molar-refractivity contribution in [3.63, 3.8) is 0 Å². The van der Waals surface area contributed by atoms with E-state index >= 15 is 0 Å². The van der Waals surface area contributed by atoms with Crippen molar-refractivity contribution < 1.29 is 4.79 Å². The van der Waals surface area contributed by atoms with Crippen LogP contribution in [0.5, 0.6) is 0 Å². The van der Waals surface area contributed by atoms with Crippen molar-refractivity contribution >= 4 is 34.2 Å². The van der Waals surface area contributed by atoms with E-state index in [0.717, 1.165) is 17.4 Å². The number of carbonyl (C=O) groups excluding carboxylic acids is 1. The molecule has 1 aromatic rings. The average Bonchev–Trinajstić information content (AvgIpc) is 2.37. The first-order chi connectivity index (χ1) is 8.95. The molecule has 0 aliphatic carbocycles. The van der Waals surface area contributed by atoms with Crippen LogP contribution in [0.25, 0.3) is 0 Å². The van der Waals surface area contributed by atoms with Crippen LogP contribution in [0.3, 0.4) is 0 Å². The molecule has 0 atom stereocenters. The van der Waals surface area contributed by atoms with E-state index in [9.17, 15) is 4.79 Å². The summed E-state index contributed by atoms with van der Waals surface area (Å²) >= 11 is 3.43. The third-order valence-electron chi connectivity index (χ3n) is 3.18. The summed E-state index contributed by atoms with van der Waals surface area (Å²) in [6.07, 6.45) is 1.46. The van der Waals surface area contributed by atoms with Crippen molar-refractivity contribution in [2.24, 2.45) is 0 Å². The lowest BCUT2D eigenvalue weighted by atomic mass is 9.84. The van der Waals surface area contributed by atoms with Crippen molar-refractivity contribution in [1.29, 1.82) is 0 Å². The Morgan fingerprint density at radius 3 is 2.40 bits per heavy atom. The van der Waals surface area contributed by atoms with Crippen LogP contribution in [0.1, 0.15) is 32.3 Å². The first-order valence-electron chi connectivity index (χ1n) is 6.63. The molecular weight excluding hydrogens is 340 g/mol. The summed E-state index contributed by atoms with van der Waals surface area (Å²) in [6, 6.07) is 8.26. The summed E-state index contributed by atoms with van der Waals surface area (Å²) in [7, 11) is 1.90. The third-order valence-corrected chi connectivity index (χ3v) is 3.71. The summed E-state index contributed by atoms with van der Waals surface area (Å²) in [5.74, 6) is 0.125. The second kappa shape index (κ2) is 9.37. The third kappa shape index (κ3) is 6.73. The minimum absolute atomic E-state index is 0. The van der Waals surface area contributed by atoms with Gasteiger partial charge in [-0.1, -0.05) is 41.9 Å². The molecule has 1 rings (SSSR count). The Morgan fingerprint density at radius 1 is 1.25 bits per heavy atom. The highest BCUT2D eigenvalue weighted by atomic mass is 79.9. The van der Waals surface area contributed by atoms with Crippen LogP contribution in [-0.4, -0.2) is 26.0 Å². The molecule has 1 aromatic carbocycles. The number of benzene rings is 1. The Bertz CT molecular complexity index is 407. The lowest BCUT2D eigenvalue weighted by Gasteiger charge is -2.25. The SMILES string of the molecule is CNCCCC(=O)NCC(C)(C)c1ccc(Br)cc1.Cl. The van der Waals surface area contributed by atoms with E-state index in [1.165, 1.54) is 5.56 Å². The highest BCUT2D eigenvalue weighted by Gasteiger charge is 2.21. The summed E-state index contributed by atoms with van der Waals surface area (Å²) in [6.45, 7) is 5.82. The summed E-state index contributed by atoms with van der Waals surface area (Å²) in [5, 5.41) is 6.06. The Balaban J connectivity index is 0.00000361. The van der Waals surface area contributed by atoms with Gasteiger partial charge < -0.3 is 10.6 Å². The van der Waals surface area contributed by atoms with Crippen LogP contribution in [0.15, 0.2) is 28.7 Å². The van der Waals surface area contributed by atoms with Gasteiger partial charge in [0.1, 0.15) is 0 Å². The molecule has 0 aromatic heterocycles. The van der Waals surface area contributed by atoms with Gasteiger partial charge in [0.15, 0.2) is 0 Å². The van der Waals surface area contributed by atoms with Crippen LogP contribution < -0.4 is 10.6 Å². The van der Waals surface area contributed by atoms with Crippen molar-refractivity contribution in [2.75, 3.05) is 20.1 Å². The molecule has 114 valence electrons. The van der Waals surface area contributed by atoms with Gasteiger partial charge in [-0.25, -0.2) is 0 Å². The number of nitrogens with one attached hydrogen (secondary N) is 2. The van der Waals surface area contributed by atoms with Crippen LogP contribution in [-0.2, 0) is 10.2 Å². The molecule has 0 saturated carbocycles. The highest BCUT2D eigenvalue weighted by molar-refractivity contribution is 9.10. The van der Waals surface area contributed by atoms with Gasteiger partial charge in [0.2, 0.25) is 5.91 Å². The zero-order valence-electron chi connectivity index (χ0n) is 12.3. The number of hydrogen-bond acceptors (Lipinski definition) is 2. The molecule has 0 saturated heterocycles. The zero-order chi connectivity index (χ0) is 14.3. The Morgan fingerprint density at radius 2 is 1.85 bits per heavy atom. The topological polar surface area (TPSA) is 41.1 Å². The Labute approximate surface area is 136 Å². The van der Waals surface area contributed by atoms with Gasteiger partial charge in [-0.15, -0.1) is 12.4 Å². The fraction of sp³-hybridized carbons (Fsp3) is 0.533. The zero-order valence-corrected chi connectivity index (χ0v) is 14.7. The largest absolute Gasteiger partial charge is 0.355 e. The summed E-state index contributed by atoms with van der Waals surface area (Å²) < 4.78 is 1.07. The Kier molecular flexibility index (Phi) is 9.10. The van der Waals surface area contributed by atoms with Crippen molar-refractivity contribution in [3.05, 3.63) is 34.3 Å². The van der Waals surface area contributed by atoms with E-state index in [0.29, 0.717) is 13.0 Å². The lowest BCUT2D eigenvalue weighted by Crippen LogP contribution is -2.36. The maximum atomic E-state index is 11.7. The average molecular weight is 364 g/mol. The lowest BCUT2D eigenvalue weighted by molar-refractivity contribution is -0.121. The maximum Gasteiger partial charge on any atom is 0.220 e. The van der Waals surface area contributed by atoms with Crippen LogP contribution in [0.4, 0.5) is 0 Å². The van der Waals surface area contributed by atoms with Gasteiger partial charge in [-0.3, -0.25) is 4.79 Å². The quantitative estimate of drug-likeness (QED) is 0.730. The van der Waals surface area contributed by atoms with Crippen LogP contribution in [0.2, 0.25) is 0 Å². The molecule has 0 unspecified atom stereocenters. The molecule has 0 fully saturated rings. The predicted octanol–water partition coefficient (Wildman–Crippen LogP) is 3.26. The second-order valence-corrected chi connectivity index (χ2v) is 6.29. The van der Waals surface area contributed by atoms with Gasteiger partial charge in [0, 0.05) is 22.9 Å². The van der Waals surface area contributed by atoms with E-state index in [1.54, 1.807) is 0 Å². The number of hydrogen-bond donors (Lipinski definition) is 2. The Hall–Kier alpha value is -0.580. The van der Waals surface area contributed by atoms with Gasteiger partial charge in [0.25, 0.3) is 0 Å². The molecule has 5 heteroatoms. The fourth-order valence-corrected chi connectivity index (χ4v) is 2.10. The number of amides is 1. The first-order valence-corrected chi connectivity index (χ1v) is 7.42. The van der Waals surface area contributed by atoms with E-state index in [4.69, 9.17) is 0 Å². The van der Waals surface area contributed by atoms with Gasteiger partial charge >= 0.3 is 0 Å². The number of halogens is 2. The van der Waals surface area contributed by atoms with Crippen LogP contribution in [0, 0.1) is 0 Å². The van der Waals surface area contributed by atoms with E-state index < -0.39 is 0 Å². The fourth-order valence-electron chi connectivity index (χ4n) is 1.84. The van der Waals surface area contributed by atoms with E-state index in [1.807, 2.05) is 19.2 Å². The molecule has 0 aliphatic heterocycles. The summed E-state index contributed by atoms with van der Waals surface area (Å²) in [4.78, 5) is 11.7. The van der Waals surface area contributed by atoms with Crippen molar-refractivity contribution in [1.82, 2.24) is 10.6 Å². The summed E-state index contributed by atoms with van der Waals surface area (Å²) in [5.41, 5.74) is 1.17. The predicted molar refractivity (Wildman–Crippen MR) is 90.6 cm³/mol. The monoisotopic (exact) mass is 362 g/mol. The van der Waals surface area contributed by atoms with Crippen molar-refractivity contribution in [3.8, 4) is 0 Å². The minimum Gasteiger partial charge on any atom is -0.355 e. The molecule has 3 nitrogen and oxygen atoms in total. The molecule has 0 radical (unpaired) electrons.